The Hall–Kier alpha value is -0.820. The molecule has 0 aliphatic carbocycles. The Kier molecular flexibility index (Phi) is 5.01. The highest BCUT2D eigenvalue weighted by atomic mass is 79.9. The summed E-state index contributed by atoms with van der Waals surface area (Å²) in [6.45, 7) is -0.289. The van der Waals surface area contributed by atoms with E-state index in [1.165, 1.54) is 12.3 Å². The second-order valence-corrected chi connectivity index (χ2v) is 4.00. The Balaban J connectivity index is 2.91. The largest absolute Gasteiger partial charge is 0.347 e. The molecule has 0 atom stereocenters. The lowest BCUT2D eigenvalue weighted by Crippen LogP contribution is -2.34. The minimum Gasteiger partial charge on any atom is -0.347 e. The first-order valence-electron chi connectivity index (χ1n) is 4.58. The molecular weight excluding hydrogens is 287 g/mol. The number of halogens is 4. The van der Waals surface area contributed by atoms with Crippen molar-refractivity contribution in [3.05, 3.63) is 22.6 Å². The summed E-state index contributed by atoms with van der Waals surface area (Å²) in [6.07, 6.45) is -1.20. The van der Waals surface area contributed by atoms with Gasteiger partial charge in [0, 0.05) is 23.8 Å². The van der Waals surface area contributed by atoms with Crippen molar-refractivity contribution >= 4 is 21.7 Å². The van der Waals surface area contributed by atoms with Crippen molar-refractivity contribution in [3.8, 4) is 0 Å². The highest BCUT2D eigenvalue weighted by Gasteiger charge is 2.17. The van der Waals surface area contributed by atoms with E-state index < -0.39 is 18.8 Å². The van der Waals surface area contributed by atoms with Gasteiger partial charge in [0.1, 0.15) is 0 Å². The molecule has 0 saturated heterocycles. The summed E-state index contributed by atoms with van der Waals surface area (Å²) in [4.78, 5) is 4.90. The highest BCUT2D eigenvalue weighted by molar-refractivity contribution is 9.10. The number of rotatable bonds is 5. The summed E-state index contributed by atoms with van der Waals surface area (Å²) in [6, 6.07) is 1.18. The standard InChI is InChI=1S/C9H11BrF3N3/c10-6-3-7(11)9(15-4-6)16(2-1-14)5-8(12)13/h3-4,8H,1-2,5,14H2. The van der Waals surface area contributed by atoms with Gasteiger partial charge < -0.3 is 10.6 Å². The number of nitrogens with two attached hydrogens (primary N) is 1. The molecule has 1 heterocycles. The zero-order valence-corrected chi connectivity index (χ0v) is 9.92. The van der Waals surface area contributed by atoms with E-state index in [0.717, 1.165) is 4.90 Å². The Morgan fingerprint density at radius 2 is 2.19 bits per heavy atom. The number of hydrogen-bond donors (Lipinski definition) is 1. The number of alkyl halides is 2. The van der Waals surface area contributed by atoms with Gasteiger partial charge in [-0.05, 0) is 22.0 Å². The zero-order valence-electron chi connectivity index (χ0n) is 8.34. The molecular formula is C9H11BrF3N3. The summed E-state index contributed by atoms with van der Waals surface area (Å²) in [5.41, 5.74) is 5.28. The van der Waals surface area contributed by atoms with Crippen LogP contribution in [0.25, 0.3) is 0 Å². The molecule has 0 bridgehead atoms. The number of anilines is 1. The van der Waals surface area contributed by atoms with Crippen LogP contribution in [-0.2, 0) is 0 Å². The molecule has 1 rings (SSSR count). The van der Waals surface area contributed by atoms with Crippen LogP contribution in [0.15, 0.2) is 16.7 Å². The van der Waals surface area contributed by atoms with E-state index in [1.54, 1.807) is 0 Å². The normalized spacial score (nSPS) is 10.9. The number of pyridine rings is 1. The molecule has 0 aliphatic rings. The quantitative estimate of drug-likeness (QED) is 0.904. The van der Waals surface area contributed by atoms with E-state index in [2.05, 4.69) is 20.9 Å². The summed E-state index contributed by atoms with van der Waals surface area (Å²) in [7, 11) is 0. The maximum atomic E-state index is 13.5. The van der Waals surface area contributed by atoms with Gasteiger partial charge in [-0.1, -0.05) is 0 Å². The summed E-state index contributed by atoms with van der Waals surface area (Å²) in [5.74, 6) is -0.752. The van der Waals surface area contributed by atoms with Crippen LogP contribution < -0.4 is 10.6 Å². The molecule has 7 heteroatoms. The summed E-state index contributed by atoms with van der Waals surface area (Å²) >= 11 is 3.04. The Bertz CT molecular complexity index is 349. The third kappa shape index (κ3) is 3.64. The van der Waals surface area contributed by atoms with Crippen LogP contribution in [0.2, 0.25) is 0 Å². The van der Waals surface area contributed by atoms with Crippen LogP contribution in [0, 0.1) is 5.82 Å². The van der Waals surface area contributed by atoms with Crippen molar-refractivity contribution in [1.82, 2.24) is 4.98 Å². The van der Waals surface area contributed by atoms with E-state index >= 15 is 0 Å². The molecule has 0 spiro atoms. The fraction of sp³-hybridized carbons (Fsp3) is 0.444. The second kappa shape index (κ2) is 6.05. The van der Waals surface area contributed by atoms with E-state index in [4.69, 9.17) is 5.73 Å². The fourth-order valence-corrected chi connectivity index (χ4v) is 1.55. The zero-order chi connectivity index (χ0) is 12.1. The van der Waals surface area contributed by atoms with Crippen molar-refractivity contribution in [2.24, 2.45) is 5.73 Å². The molecule has 0 aliphatic heterocycles. The first kappa shape index (κ1) is 13.2. The lowest BCUT2D eigenvalue weighted by Gasteiger charge is -2.22. The van der Waals surface area contributed by atoms with Crippen LogP contribution in [-0.4, -0.2) is 31.0 Å². The van der Waals surface area contributed by atoms with E-state index in [0.29, 0.717) is 4.47 Å². The SMILES string of the molecule is NCCN(CC(F)F)c1ncc(Br)cc1F. The minimum atomic E-state index is -2.56. The van der Waals surface area contributed by atoms with Gasteiger partial charge in [-0.25, -0.2) is 18.2 Å². The average Bonchev–Trinajstić information content (AvgIpc) is 2.16. The van der Waals surface area contributed by atoms with E-state index in [1.807, 2.05) is 0 Å². The van der Waals surface area contributed by atoms with Gasteiger partial charge in [0.15, 0.2) is 11.6 Å². The smallest absolute Gasteiger partial charge is 0.255 e. The topological polar surface area (TPSA) is 42.1 Å². The molecule has 90 valence electrons. The number of nitrogens with zero attached hydrogens (tertiary/aromatic N) is 2. The minimum absolute atomic E-state index is 0.103. The van der Waals surface area contributed by atoms with Crippen molar-refractivity contribution in [2.75, 3.05) is 24.5 Å². The molecule has 0 radical (unpaired) electrons. The predicted octanol–water partition coefficient (Wildman–Crippen LogP) is 2.01. The first-order valence-corrected chi connectivity index (χ1v) is 5.38. The molecule has 16 heavy (non-hydrogen) atoms. The maximum absolute atomic E-state index is 13.5. The molecule has 0 fully saturated rings. The van der Waals surface area contributed by atoms with Crippen molar-refractivity contribution in [2.45, 2.75) is 6.43 Å². The highest BCUT2D eigenvalue weighted by Crippen LogP contribution is 2.20. The first-order chi connectivity index (χ1) is 7.54. The van der Waals surface area contributed by atoms with Gasteiger partial charge in [-0.2, -0.15) is 0 Å². The molecule has 3 nitrogen and oxygen atoms in total. The summed E-state index contributed by atoms with van der Waals surface area (Å²) < 4.78 is 38.4. The van der Waals surface area contributed by atoms with Crippen LogP contribution in [0.1, 0.15) is 0 Å². The average molecular weight is 298 g/mol. The lowest BCUT2D eigenvalue weighted by atomic mass is 10.4. The Morgan fingerprint density at radius 1 is 1.50 bits per heavy atom. The lowest BCUT2D eigenvalue weighted by molar-refractivity contribution is 0.154. The molecule has 0 unspecified atom stereocenters. The van der Waals surface area contributed by atoms with Gasteiger partial charge in [0.2, 0.25) is 0 Å². The van der Waals surface area contributed by atoms with Crippen LogP contribution in [0.3, 0.4) is 0 Å². The van der Waals surface area contributed by atoms with Gasteiger partial charge in [0.25, 0.3) is 6.43 Å². The van der Waals surface area contributed by atoms with Crippen LogP contribution in [0.4, 0.5) is 19.0 Å². The Labute approximate surface area is 99.6 Å². The van der Waals surface area contributed by atoms with Crippen molar-refractivity contribution in [1.29, 1.82) is 0 Å². The van der Waals surface area contributed by atoms with Crippen LogP contribution >= 0.6 is 15.9 Å². The fourth-order valence-electron chi connectivity index (χ4n) is 1.25. The van der Waals surface area contributed by atoms with Gasteiger partial charge >= 0.3 is 0 Å². The number of aromatic nitrogens is 1. The van der Waals surface area contributed by atoms with Crippen molar-refractivity contribution in [3.63, 3.8) is 0 Å². The monoisotopic (exact) mass is 297 g/mol. The number of hydrogen-bond acceptors (Lipinski definition) is 3. The van der Waals surface area contributed by atoms with E-state index in [9.17, 15) is 13.2 Å². The predicted molar refractivity (Wildman–Crippen MR) is 59.2 cm³/mol. The van der Waals surface area contributed by atoms with Gasteiger partial charge in [0.05, 0.1) is 6.54 Å². The molecule has 0 saturated carbocycles. The van der Waals surface area contributed by atoms with Crippen molar-refractivity contribution < 1.29 is 13.2 Å². The second-order valence-electron chi connectivity index (χ2n) is 3.08. The molecule has 1 aromatic rings. The molecule has 1 aromatic heterocycles. The molecule has 0 aromatic carbocycles. The molecule has 2 N–H and O–H groups in total. The van der Waals surface area contributed by atoms with Gasteiger partial charge in [-0.3, -0.25) is 0 Å². The molecule has 0 amide bonds. The van der Waals surface area contributed by atoms with Gasteiger partial charge in [-0.15, -0.1) is 0 Å². The third-order valence-corrected chi connectivity index (χ3v) is 2.28. The van der Waals surface area contributed by atoms with E-state index in [-0.39, 0.29) is 18.9 Å². The third-order valence-electron chi connectivity index (χ3n) is 1.85. The Morgan fingerprint density at radius 3 is 2.69 bits per heavy atom. The van der Waals surface area contributed by atoms with Crippen LogP contribution in [0.5, 0.6) is 0 Å². The summed E-state index contributed by atoms with van der Waals surface area (Å²) in [5, 5.41) is 0. The maximum Gasteiger partial charge on any atom is 0.255 e.